The third kappa shape index (κ3) is 9.39. The molecule has 1 aromatic carbocycles. The van der Waals surface area contributed by atoms with Crippen LogP contribution in [0.1, 0.15) is 32.8 Å². The molecule has 10 heteroatoms. The van der Waals surface area contributed by atoms with E-state index in [1.165, 1.54) is 6.92 Å². The molecule has 6 N–H and O–H groups in total. The van der Waals surface area contributed by atoms with Crippen LogP contribution in [0.5, 0.6) is 0 Å². The van der Waals surface area contributed by atoms with Gasteiger partial charge in [-0.1, -0.05) is 44.2 Å². The summed E-state index contributed by atoms with van der Waals surface area (Å²) in [6.45, 7) is 5.23. The molecule has 9 nitrogen and oxygen atoms in total. The van der Waals surface area contributed by atoms with Crippen LogP contribution in [-0.2, 0) is 25.6 Å². The molecule has 0 bridgehead atoms. The first-order valence-electron chi connectivity index (χ1n) is 10.1. The summed E-state index contributed by atoms with van der Waals surface area (Å²) in [5.41, 5.74) is 6.27. The summed E-state index contributed by atoms with van der Waals surface area (Å²) >= 11 is 4.09. The van der Waals surface area contributed by atoms with Crippen molar-refractivity contribution in [2.24, 2.45) is 11.7 Å². The zero-order valence-electron chi connectivity index (χ0n) is 18.0. The van der Waals surface area contributed by atoms with Crippen molar-refractivity contribution in [2.45, 2.75) is 57.8 Å². The quantitative estimate of drug-likeness (QED) is 0.247. The van der Waals surface area contributed by atoms with E-state index in [9.17, 15) is 24.3 Å². The van der Waals surface area contributed by atoms with Gasteiger partial charge in [-0.3, -0.25) is 14.4 Å². The lowest BCUT2D eigenvalue weighted by Gasteiger charge is -2.25. The van der Waals surface area contributed by atoms with E-state index >= 15 is 0 Å². The molecule has 172 valence electrons. The second-order valence-electron chi connectivity index (χ2n) is 7.81. The van der Waals surface area contributed by atoms with Gasteiger partial charge in [0.2, 0.25) is 17.7 Å². The second-order valence-corrected chi connectivity index (χ2v) is 8.18. The molecule has 4 unspecified atom stereocenters. The van der Waals surface area contributed by atoms with Gasteiger partial charge in [-0.05, 0) is 24.8 Å². The standard InChI is InChI=1S/C21H32N4O5S/c1-12(2)9-15(23-20(28)17(11-31)25-18(26)13(3)22)19(27)24-16(21(29)30)10-14-7-5-4-6-8-14/h4-8,12-13,15-17,31H,9-11,22H2,1-3H3,(H,23,28)(H,24,27)(H,25,26)(H,29,30). The zero-order valence-corrected chi connectivity index (χ0v) is 18.9. The molecule has 0 fully saturated rings. The number of aliphatic carboxylic acids is 1. The lowest BCUT2D eigenvalue weighted by molar-refractivity contribution is -0.142. The number of carboxylic acids is 1. The van der Waals surface area contributed by atoms with Crippen molar-refractivity contribution in [2.75, 3.05) is 5.75 Å². The lowest BCUT2D eigenvalue weighted by Crippen LogP contribution is -2.57. The van der Waals surface area contributed by atoms with Gasteiger partial charge >= 0.3 is 5.97 Å². The SMILES string of the molecule is CC(C)CC(NC(=O)C(CS)NC(=O)C(C)N)C(=O)NC(Cc1ccccc1)C(=O)O. The summed E-state index contributed by atoms with van der Waals surface area (Å²) in [4.78, 5) is 49.0. The van der Waals surface area contributed by atoms with Gasteiger partial charge in [-0.25, -0.2) is 4.79 Å². The molecule has 0 radical (unpaired) electrons. The molecular formula is C21H32N4O5S. The Labute approximate surface area is 187 Å². The fourth-order valence-corrected chi connectivity index (χ4v) is 3.05. The van der Waals surface area contributed by atoms with Gasteiger partial charge in [0.25, 0.3) is 0 Å². The highest BCUT2D eigenvalue weighted by Crippen LogP contribution is 2.08. The maximum Gasteiger partial charge on any atom is 0.326 e. The molecule has 0 aliphatic carbocycles. The molecule has 1 rings (SSSR count). The van der Waals surface area contributed by atoms with Gasteiger partial charge in [0.1, 0.15) is 18.1 Å². The monoisotopic (exact) mass is 452 g/mol. The van der Waals surface area contributed by atoms with Gasteiger partial charge < -0.3 is 26.8 Å². The molecular weight excluding hydrogens is 420 g/mol. The molecule has 0 saturated carbocycles. The number of nitrogens with one attached hydrogen (secondary N) is 3. The Morgan fingerprint density at radius 1 is 0.903 bits per heavy atom. The van der Waals surface area contributed by atoms with E-state index in [2.05, 4.69) is 28.6 Å². The topological polar surface area (TPSA) is 151 Å². The number of carboxylic acid groups (broad SMARTS) is 1. The van der Waals surface area contributed by atoms with Crippen molar-refractivity contribution in [3.8, 4) is 0 Å². The Morgan fingerprint density at radius 3 is 1.90 bits per heavy atom. The van der Waals surface area contributed by atoms with E-state index in [0.29, 0.717) is 0 Å². The van der Waals surface area contributed by atoms with Crippen molar-refractivity contribution in [1.82, 2.24) is 16.0 Å². The van der Waals surface area contributed by atoms with Crippen molar-refractivity contribution in [3.05, 3.63) is 35.9 Å². The van der Waals surface area contributed by atoms with Gasteiger partial charge in [-0.15, -0.1) is 0 Å². The minimum atomic E-state index is -1.18. The van der Waals surface area contributed by atoms with Crippen LogP contribution in [0.2, 0.25) is 0 Å². The van der Waals surface area contributed by atoms with Gasteiger partial charge in [0.15, 0.2) is 0 Å². The highest BCUT2D eigenvalue weighted by Gasteiger charge is 2.30. The first kappa shape index (κ1) is 26.4. The Hall–Kier alpha value is -2.59. The Morgan fingerprint density at radius 2 is 1.42 bits per heavy atom. The summed E-state index contributed by atoms with van der Waals surface area (Å²) in [5, 5.41) is 17.1. The van der Waals surface area contributed by atoms with Crippen LogP contribution in [0.4, 0.5) is 0 Å². The number of carbonyl (C=O) groups is 4. The summed E-state index contributed by atoms with van der Waals surface area (Å²) in [7, 11) is 0. The van der Waals surface area contributed by atoms with E-state index in [4.69, 9.17) is 5.73 Å². The Kier molecular flexibility index (Phi) is 11.1. The lowest BCUT2D eigenvalue weighted by atomic mass is 10.0. The van der Waals surface area contributed by atoms with E-state index in [-0.39, 0.29) is 24.5 Å². The van der Waals surface area contributed by atoms with Crippen LogP contribution in [0, 0.1) is 5.92 Å². The molecule has 0 aliphatic rings. The third-order valence-corrected chi connectivity index (χ3v) is 4.83. The molecule has 0 heterocycles. The van der Waals surface area contributed by atoms with Crippen LogP contribution in [0.15, 0.2) is 30.3 Å². The smallest absolute Gasteiger partial charge is 0.326 e. The third-order valence-electron chi connectivity index (χ3n) is 4.47. The predicted molar refractivity (Wildman–Crippen MR) is 121 cm³/mol. The molecule has 31 heavy (non-hydrogen) atoms. The molecule has 0 spiro atoms. The van der Waals surface area contributed by atoms with Crippen molar-refractivity contribution >= 4 is 36.3 Å². The minimum Gasteiger partial charge on any atom is -0.480 e. The molecule has 4 atom stereocenters. The van der Waals surface area contributed by atoms with Crippen molar-refractivity contribution in [1.29, 1.82) is 0 Å². The molecule has 0 saturated heterocycles. The van der Waals surface area contributed by atoms with Gasteiger partial charge in [0, 0.05) is 12.2 Å². The fourth-order valence-electron chi connectivity index (χ4n) is 2.79. The first-order chi connectivity index (χ1) is 14.5. The van der Waals surface area contributed by atoms with E-state index in [1.807, 2.05) is 19.9 Å². The maximum atomic E-state index is 12.8. The van der Waals surface area contributed by atoms with Crippen LogP contribution in [-0.4, -0.2) is 58.7 Å². The van der Waals surface area contributed by atoms with E-state index < -0.39 is 47.9 Å². The van der Waals surface area contributed by atoms with Crippen LogP contribution >= 0.6 is 12.6 Å². The number of thiol groups is 1. The van der Waals surface area contributed by atoms with Crippen molar-refractivity contribution in [3.63, 3.8) is 0 Å². The van der Waals surface area contributed by atoms with Crippen molar-refractivity contribution < 1.29 is 24.3 Å². The average Bonchev–Trinajstić information content (AvgIpc) is 2.70. The van der Waals surface area contributed by atoms with Gasteiger partial charge in [-0.2, -0.15) is 12.6 Å². The molecule has 0 aliphatic heterocycles. The van der Waals surface area contributed by atoms with Crippen LogP contribution < -0.4 is 21.7 Å². The van der Waals surface area contributed by atoms with E-state index in [1.54, 1.807) is 24.3 Å². The number of rotatable bonds is 12. The molecule has 3 amide bonds. The highest BCUT2D eigenvalue weighted by atomic mass is 32.1. The van der Waals surface area contributed by atoms with Crippen LogP contribution in [0.25, 0.3) is 0 Å². The summed E-state index contributed by atoms with van der Waals surface area (Å²) < 4.78 is 0. The van der Waals surface area contributed by atoms with E-state index in [0.717, 1.165) is 5.56 Å². The number of nitrogens with two attached hydrogens (primary N) is 1. The predicted octanol–water partition coefficient (Wildman–Crippen LogP) is 0.0912. The number of hydrogen-bond donors (Lipinski definition) is 6. The Bertz CT molecular complexity index is 757. The second kappa shape index (κ2) is 13.0. The molecule has 0 aromatic heterocycles. The largest absolute Gasteiger partial charge is 0.480 e. The number of carbonyl (C=O) groups excluding carboxylic acids is 3. The summed E-state index contributed by atoms with van der Waals surface area (Å²) in [6.07, 6.45) is 0.393. The highest BCUT2D eigenvalue weighted by molar-refractivity contribution is 7.80. The maximum absolute atomic E-state index is 12.8. The normalized spacial score (nSPS) is 14.8. The summed E-state index contributed by atoms with van der Waals surface area (Å²) in [5.74, 6) is -2.85. The molecule has 1 aromatic rings. The average molecular weight is 453 g/mol. The zero-order chi connectivity index (χ0) is 23.6. The number of hydrogen-bond acceptors (Lipinski definition) is 6. The first-order valence-corrected chi connectivity index (χ1v) is 10.7. The van der Waals surface area contributed by atoms with Gasteiger partial charge in [0.05, 0.1) is 6.04 Å². The number of benzene rings is 1. The fraction of sp³-hybridized carbons (Fsp3) is 0.524. The summed E-state index contributed by atoms with van der Waals surface area (Å²) in [6, 6.07) is 5.01. The number of amides is 3. The van der Waals surface area contributed by atoms with Crippen LogP contribution in [0.3, 0.4) is 0 Å². The Balaban J connectivity index is 2.90. The minimum absolute atomic E-state index is 0.00602.